The van der Waals surface area contributed by atoms with Crippen molar-refractivity contribution < 1.29 is 22.4 Å². The van der Waals surface area contributed by atoms with Gasteiger partial charge < -0.3 is 15.5 Å². The predicted molar refractivity (Wildman–Crippen MR) is 160 cm³/mol. The van der Waals surface area contributed by atoms with Gasteiger partial charge in [-0.25, -0.2) is 12.8 Å². The van der Waals surface area contributed by atoms with E-state index in [2.05, 4.69) is 10.6 Å². The van der Waals surface area contributed by atoms with Crippen LogP contribution in [-0.4, -0.2) is 56.3 Å². The number of piperazine rings is 1. The van der Waals surface area contributed by atoms with Crippen LogP contribution in [0.1, 0.15) is 47.9 Å². The topological polar surface area (TPSA) is 98.8 Å². The van der Waals surface area contributed by atoms with Crippen molar-refractivity contribution in [3.05, 3.63) is 87.7 Å². The van der Waals surface area contributed by atoms with Gasteiger partial charge in [-0.1, -0.05) is 30.1 Å². The highest BCUT2D eigenvalue weighted by molar-refractivity contribution is 7.89. The molecular weight excluding hydrogens is 590 g/mol. The number of nitrogens with zero attached hydrogens (tertiary/aromatic N) is 2. The fourth-order valence-corrected chi connectivity index (χ4v) is 6.45. The van der Waals surface area contributed by atoms with Crippen LogP contribution in [-0.2, 0) is 10.0 Å². The van der Waals surface area contributed by atoms with Crippen LogP contribution in [0.25, 0.3) is 0 Å². The minimum atomic E-state index is -4.00. The molecule has 12 heteroatoms. The summed E-state index contributed by atoms with van der Waals surface area (Å²) in [6, 6.07) is 14.6. The van der Waals surface area contributed by atoms with Gasteiger partial charge in [-0.05, 0) is 80.9 Å². The van der Waals surface area contributed by atoms with Gasteiger partial charge in [0.05, 0.1) is 15.6 Å². The molecule has 1 saturated heterocycles. The van der Waals surface area contributed by atoms with Crippen LogP contribution in [0.4, 0.5) is 15.8 Å². The molecular formula is C29H31Cl2FN4O4S. The van der Waals surface area contributed by atoms with Crippen LogP contribution < -0.4 is 15.5 Å². The second kappa shape index (κ2) is 12.4. The first-order chi connectivity index (χ1) is 19.3. The molecule has 8 nitrogen and oxygen atoms in total. The minimum Gasteiger partial charge on any atom is -0.369 e. The molecule has 1 aliphatic rings. The standard InChI is InChI=1S/C29H31Cl2FN4O4S/c1-4-29(2,3)34-28(38)23-11-8-21(18-25(23)31)33-27(37)19-5-12-24(30)26(17-19)41(39,40)36-15-13-35(14-16-36)22-9-6-20(32)7-10-22/h5-12,17-18H,4,13-16H2,1-3H3,(H,33,37)(H,34,38). The average Bonchev–Trinajstić information content (AvgIpc) is 2.93. The molecule has 3 aromatic carbocycles. The van der Waals surface area contributed by atoms with Crippen LogP contribution in [0.3, 0.4) is 0 Å². The maximum atomic E-state index is 13.5. The number of halogens is 3. The van der Waals surface area contributed by atoms with Gasteiger partial charge in [0.15, 0.2) is 0 Å². The van der Waals surface area contributed by atoms with Gasteiger partial charge in [0.1, 0.15) is 10.7 Å². The number of hydrogen-bond acceptors (Lipinski definition) is 5. The molecule has 2 amide bonds. The van der Waals surface area contributed by atoms with Gasteiger partial charge in [-0.2, -0.15) is 4.31 Å². The molecule has 0 bridgehead atoms. The Bertz CT molecular complexity index is 1560. The smallest absolute Gasteiger partial charge is 0.255 e. The summed E-state index contributed by atoms with van der Waals surface area (Å²) >= 11 is 12.6. The number of hydrogen-bond donors (Lipinski definition) is 2. The van der Waals surface area contributed by atoms with Gasteiger partial charge in [-0.15, -0.1) is 0 Å². The third-order valence-corrected chi connectivity index (χ3v) is 9.74. The van der Waals surface area contributed by atoms with Crippen molar-refractivity contribution in [2.75, 3.05) is 36.4 Å². The lowest BCUT2D eigenvalue weighted by molar-refractivity contribution is 0.0911. The SMILES string of the molecule is CCC(C)(C)NC(=O)c1ccc(NC(=O)c2ccc(Cl)c(S(=O)(=O)N3CCN(c4ccc(F)cc4)CC3)c2)cc1Cl. The molecule has 1 fully saturated rings. The van der Waals surface area contributed by atoms with Crippen molar-refractivity contribution in [1.29, 1.82) is 0 Å². The van der Waals surface area contributed by atoms with Crippen molar-refractivity contribution >= 4 is 56.4 Å². The summed E-state index contributed by atoms with van der Waals surface area (Å²) < 4.78 is 41.5. The zero-order valence-corrected chi connectivity index (χ0v) is 25.2. The number of benzene rings is 3. The first kappa shape index (κ1) is 30.8. The van der Waals surface area contributed by atoms with E-state index in [0.29, 0.717) is 18.8 Å². The molecule has 4 rings (SSSR count). The van der Waals surface area contributed by atoms with E-state index in [4.69, 9.17) is 23.2 Å². The lowest BCUT2D eigenvalue weighted by Gasteiger charge is -2.35. The number of nitrogens with one attached hydrogen (secondary N) is 2. The number of carbonyl (C=O) groups excluding carboxylic acids is 2. The molecule has 41 heavy (non-hydrogen) atoms. The first-order valence-electron chi connectivity index (χ1n) is 13.0. The number of sulfonamides is 1. The van der Waals surface area contributed by atoms with E-state index in [0.717, 1.165) is 12.1 Å². The number of rotatable bonds is 8. The number of amides is 2. The molecule has 0 spiro atoms. The van der Waals surface area contributed by atoms with Crippen LogP contribution in [0, 0.1) is 5.82 Å². The summed E-state index contributed by atoms with van der Waals surface area (Å²) in [7, 11) is -4.00. The van der Waals surface area contributed by atoms with E-state index in [1.165, 1.54) is 46.8 Å². The fourth-order valence-electron chi connectivity index (χ4n) is 4.26. The number of anilines is 2. The van der Waals surface area contributed by atoms with Gasteiger partial charge in [-0.3, -0.25) is 9.59 Å². The van der Waals surface area contributed by atoms with Gasteiger partial charge in [0.25, 0.3) is 11.8 Å². The second-order valence-electron chi connectivity index (χ2n) is 10.4. The average molecular weight is 622 g/mol. The van der Waals surface area contributed by atoms with E-state index in [-0.39, 0.29) is 50.9 Å². The first-order valence-corrected chi connectivity index (χ1v) is 15.2. The Balaban J connectivity index is 1.46. The van der Waals surface area contributed by atoms with E-state index >= 15 is 0 Å². The summed E-state index contributed by atoms with van der Waals surface area (Å²) in [6.45, 7) is 6.98. The van der Waals surface area contributed by atoms with Crippen LogP contribution in [0.15, 0.2) is 65.6 Å². The summed E-state index contributed by atoms with van der Waals surface area (Å²) in [6.07, 6.45) is 0.732. The van der Waals surface area contributed by atoms with Crippen molar-refractivity contribution in [1.82, 2.24) is 9.62 Å². The molecule has 1 aliphatic heterocycles. The Kier molecular flexibility index (Phi) is 9.28. The normalized spacial score (nSPS) is 14.5. The van der Waals surface area contributed by atoms with Gasteiger partial charge >= 0.3 is 0 Å². The highest BCUT2D eigenvalue weighted by Gasteiger charge is 2.31. The molecule has 0 unspecified atom stereocenters. The second-order valence-corrected chi connectivity index (χ2v) is 13.1. The summed E-state index contributed by atoms with van der Waals surface area (Å²) in [4.78, 5) is 27.5. The maximum absolute atomic E-state index is 13.5. The molecule has 0 aromatic heterocycles. The summed E-state index contributed by atoms with van der Waals surface area (Å²) in [5.74, 6) is -1.24. The van der Waals surface area contributed by atoms with E-state index < -0.39 is 21.5 Å². The zero-order chi connectivity index (χ0) is 29.9. The highest BCUT2D eigenvalue weighted by atomic mass is 35.5. The Morgan fingerprint density at radius 3 is 2.17 bits per heavy atom. The Hall–Kier alpha value is -3.18. The molecule has 3 aromatic rings. The molecule has 0 radical (unpaired) electrons. The third-order valence-electron chi connectivity index (χ3n) is 7.05. The molecule has 0 aliphatic carbocycles. The maximum Gasteiger partial charge on any atom is 0.255 e. The Morgan fingerprint density at radius 2 is 1.56 bits per heavy atom. The molecule has 0 saturated carbocycles. The fraction of sp³-hybridized carbons (Fsp3) is 0.310. The predicted octanol–water partition coefficient (Wildman–Crippen LogP) is 5.81. The molecule has 1 heterocycles. The van der Waals surface area contributed by atoms with Gasteiger partial charge in [0, 0.05) is 48.7 Å². The zero-order valence-electron chi connectivity index (χ0n) is 22.9. The largest absolute Gasteiger partial charge is 0.369 e. The number of carbonyl (C=O) groups is 2. The van der Waals surface area contributed by atoms with Crippen LogP contribution in [0.5, 0.6) is 0 Å². The van der Waals surface area contributed by atoms with Crippen LogP contribution in [0.2, 0.25) is 10.0 Å². The summed E-state index contributed by atoms with van der Waals surface area (Å²) in [5.41, 5.74) is 1.09. The van der Waals surface area contributed by atoms with Crippen LogP contribution >= 0.6 is 23.2 Å². The van der Waals surface area contributed by atoms with Gasteiger partial charge in [0.2, 0.25) is 10.0 Å². The van der Waals surface area contributed by atoms with Crippen molar-refractivity contribution in [2.45, 2.75) is 37.6 Å². The van der Waals surface area contributed by atoms with E-state index in [9.17, 15) is 22.4 Å². The lowest BCUT2D eigenvalue weighted by Crippen LogP contribution is -2.48. The monoisotopic (exact) mass is 620 g/mol. The van der Waals surface area contributed by atoms with Crippen molar-refractivity contribution in [3.63, 3.8) is 0 Å². The Morgan fingerprint density at radius 1 is 0.902 bits per heavy atom. The van der Waals surface area contributed by atoms with Crippen molar-refractivity contribution in [2.24, 2.45) is 0 Å². The Labute approximate surface area is 249 Å². The third kappa shape index (κ3) is 7.19. The van der Waals surface area contributed by atoms with Crippen molar-refractivity contribution in [3.8, 4) is 0 Å². The van der Waals surface area contributed by atoms with E-state index in [1.54, 1.807) is 18.2 Å². The highest BCUT2D eigenvalue weighted by Crippen LogP contribution is 2.29. The quantitative estimate of drug-likeness (QED) is 0.331. The lowest BCUT2D eigenvalue weighted by atomic mass is 10.0. The van der Waals surface area contributed by atoms with E-state index in [1.807, 2.05) is 25.7 Å². The summed E-state index contributed by atoms with van der Waals surface area (Å²) in [5, 5.41) is 5.76. The minimum absolute atomic E-state index is 0.00377. The molecule has 2 N–H and O–H groups in total. The molecule has 0 atom stereocenters. The molecule has 218 valence electrons.